The molecule has 0 aliphatic carbocycles. The van der Waals surface area contributed by atoms with Gasteiger partial charge in [0.05, 0.1) is 17.1 Å². The molecule has 0 spiro atoms. The van der Waals surface area contributed by atoms with Crippen LogP contribution in [0.4, 0.5) is 0 Å². The van der Waals surface area contributed by atoms with Gasteiger partial charge >= 0.3 is 0 Å². The number of benzene rings is 2. The maximum absolute atomic E-state index is 13.4. The molecule has 3 aromatic heterocycles. The molecule has 1 aliphatic heterocycles. The monoisotopic (exact) mass is 600 g/mol. The summed E-state index contributed by atoms with van der Waals surface area (Å²) in [6.07, 6.45) is 2.41. The van der Waals surface area contributed by atoms with E-state index in [0.717, 1.165) is 5.56 Å². The SMILES string of the molecule is Cc1cc(S(=O)(=O)N2CCC(c3nc4c(nnn4Cc4c(Cl)cccc4Cl)c(=O)[nH]3)CC2)ccc1-n1cnnn1. The maximum Gasteiger partial charge on any atom is 0.281 e. The van der Waals surface area contributed by atoms with Gasteiger partial charge in [-0.3, -0.25) is 4.79 Å². The molecule has 4 heterocycles. The lowest BCUT2D eigenvalue weighted by Crippen LogP contribution is -2.38. The Hall–Kier alpha value is -3.72. The van der Waals surface area contributed by atoms with Crippen molar-refractivity contribution in [3.05, 3.63) is 80.1 Å². The largest absolute Gasteiger partial charge is 0.308 e. The van der Waals surface area contributed by atoms with Crippen LogP contribution in [0.5, 0.6) is 0 Å². The molecule has 2 aromatic carbocycles. The second-order valence-electron chi connectivity index (χ2n) is 9.45. The second-order valence-corrected chi connectivity index (χ2v) is 12.2. The standard InChI is InChI=1S/C24H22Cl2N10O3S/c1-14-11-16(5-6-20(14)36-13-27-31-33-36)40(38,39)34-9-7-15(8-10-34)22-28-23-21(24(37)29-22)30-32-35(23)12-17-18(25)3-2-4-19(17)26/h2-6,11,13,15H,7-10,12H2,1H3,(H,28,29,37). The summed E-state index contributed by atoms with van der Waals surface area (Å²) in [5, 5.41) is 20.1. The number of hydrogen-bond acceptors (Lipinski definition) is 9. The molecule has 13 nitrogen and oxygen atoms in total. The maximum atomic E-state index is 13.4. The van der Waals surface area contributed by atoms with E-state index >= 15 is 0 Å². The third-order valence-corrected chi connectivity index (χ3v) is 9.61. The molecule has 40 heavy (non-hydrogen) atoms. The number of aromatic amines is 1. The van der Waals surface area contributed by atoms with Gasteiger partial charge in [0.15, 0.2) is 11.2 Å². The molecule has 1 N–H and O–H groups in total. The predicted molar refractivity (Wildman–Crippen MR) is 146 cm³/mol. The average molecular weight is 601 g/mol. The van der Waals surface area contributed by atoms with Crippen molar-refractivity contribution in [1.82, 2.24) is 49.5 Å². The Balaban J connectivity index is 1.21. The first-order chi connectivity index (χ1) is 19.2. The van der Waals surface area contributed by atoms with Crippen molar-refractivity contribution in [2.45, 2.75) is 37.1 Å². The molecule has 0 unspecified atom stereocenters. The van der Waals surface area contributed by atoms with Crippen molar-refractivity contribution in [2.75, 3.05) is 13.1 Å². The van der Waals surface area contributed by atoms with E-state index < -0.39 is 15.6 Å². The highest BCUT2D eigenvalue weighted by molar-refractivity contribution is 7.89. The minimum Gasteiger partial charge on any atom is -0.308 e. The highest BCUT2D eigenvalue weighted by Gasteiger charge is 2.32. The molecular formula is C24H22Cl2N10O3S. The fraction of sp³-hybridized carbons (Fsp3) is 0.292. The molecule has 0 saturated carbocycles. The van der Waals surface area contributed by atoms with Crippen molar-refractivity contribution < 1.29 is 8.42 Å². The van der Waals surface area contributed by atoms with Crippen LogP contribution < -0.4 is 5.56 Å². The van der Waals surface area contributed by atoms with Crippen molar-refractivity contribution in [3.8, 4) is 5.69 Å². The third kappa shape index (κ3) is 4.76. The van der Waals surface area contributed by atoms with Gasteiger partial charge in [-0.05, 0) is 66.1 Å². The van der Waals surface area contributed by atoms with Crippen LogP contribution in [-0.2, 0) is 16.6 Å². The summed E-state index contributed by atoms with van der Waals surface area (Å²) in [5.74, 6) is 0.310. The Morgan fingerprint density at radius 1 is 1.07 bits per heavy atom. The molecule has 0 amide bonds. The van der Waals surface area contributed by atoms with Crippen LogP contribution in [0.1, 0.15) is 35.7 Å². The number of hydrogen-bond donors (Lipinski definition) is 1. The summed E-state index contributed by atoms with van der Waals surface area (Å²) >= 11 is 12.6. The summed E-state index contributed by atoms with van der Waals surface area (Å²) in [6.45, 7) is 2.54. The normalized spacial score (nSPS) is 15.2. The zero-order chi connectivity index (χ0) is 28.0. The molecule has 1 saturated heterocycles. The van der Waals surface area contributed by atoms with E-state index in [1.807, 2.05) is 0 Å². The number of fused-ring (bicyclic) bond motifs is 1. The van der Waals surface area contributed by atoms with E-state index in [2.05, 4.69) is 35.8 Å². The highest BCUT2D eigenvalue weighted by atomic mass is 35.5. The molecule has 206 valence electrons. The van der Waals surface area contributed by atoms with Gasteiger partial charge in [0, 0.05) is 34.6 Å². The first-order valence-electron chi connectivity index (χ1n) is 12.3. The highest BCUT2D eigenvalue weighted by Crippen LogP contribution is 2.30. The van der Waals surface area contributed by atoms with Crippen LogP contribution in [0.3, 0.4) is 0 Å². The quantitative estimate of drug-likeness (QED) is 0.309. The first-order valence-corrected chi connectivity index (χ1v) is 14.5. The zero-order valence-electron chi connectivity index (χ0n) is 21.1. The van der Waals surface area contributed by atoms with Gasteiger partial charge in [0.1, 0.15) is 12.2 Å². The predicted octanol–water partition coefficient (Wildman–Crippen LogP) is 2.72. The summed E-state index contributed by atoms with van der Waals surface area (Å²) < 4.78 is 31.2. The minimum atomic E-state index is -3.73. The van der Waals surface area contributed by atoms with Crippen LogP contribution >= 0.6 is 23.2 Å². The number of tetrazole rings is 1. The number of rotatable bonds is 6. The summed E-state index contributed by atoms with van der Waals surface area (Å²) in [5.41, 5.74) is 2.06. The van der Waals surface area contributed by atoms with Crippen LogP contribution in [0, 0.1) is 6.92 Å². The van der Waals surface area contributed by atoms with E-state index in [-0.39, 0.29) is 36.0 Å². The van der Waals surface area contributed by atoms with Gasteiger partial charge in [-0.2, -0.15) is 4.31 Å². The summed E-state index contributed by atoms with van der Waals surface area (Å²) in [7, 11) is -3.73. The van der Waals surface area contributed by atoms with E-state index in [1.54, 1.807) is 43.3 Å². The van der Waals surface area contributed by atoms with Crippen molar-refractivity contribution in [1.29, 1.82) is 0 Å². The van der Waals surface area contributed by atoms with Crippen LogP contribution in [0.15, 0.2) is 52.4 Å². The van der Waals surface area contributed by atoms with Crippen molar-refractivity contribution >= 4 is 44.4 Å². The van der Waals surface area contributed by atoms with Gasteiger partial charge in [-0.25, -0.2) is 22.8 Å². The first kappa shape index (κ1) is 26.5. The van der Waals surface area contributed by atoms with Gasteiger partial charge in [0.25, 0.3) is 5.56 Å². The second kappa shape index (κ2) is 10.4. The van der Waals surface area contributed by atoms with E-state index in [1.165, 1.54) is 20.0 Å². The minimum absolute atomic E-state index is 0.104. The van der Waals surface area contributed by atoms with E-state index in [0.29, 0.717) is 45.6 Å². The Morgan fingerprint density at radius 2 is 1.82 bits per heavy atom. The molecule has 1 aliphatic rings. The molecule has 6 rings (SSSR count). The van der Waals surface area contributed by atoms with Gasteiger partial charge < -0.3 is 4.98 Å². The number of nitrogens with zero attached hydrogens (tertiary/aromatic N) is 9. The van der Waals surface area contributed by atoms with Gasteiger partial charge in [-0.15, -0.1) is 10.2 Å². The Bertz CT molecular complexity index is 1860. The molecule has 16 heteroatoms. The fourth-order valence-corrected chi connectivity index (χ4v) is 6.92. The number of halogens is 2. The number of aromatic nitrogens is 9. The number of aryl methyl sites for hydroxylation is 1. The summed E-state index contributed by atoms with van der Waals surface area (Å²) in [6, 6.07) is 10.0. The Kier molecular flexibility index (Phi) is 6.86. The molecule has 5 aromatic rings. The number of nitrogens with one attached hydrogen (secondary N) is 1. The topological polar surface area (TPSA) is 157 Å². The molecular weight excluding hydrogens is 579 g/mol. The number of sulfonamides is 1. The van der Waals surface area contributed by atoms with Crippen molar-refractivity contribution in [2.24, 2.45) is 0 Å². The lowest BCUT2D eigenvalue weighted by molar-refractivity contribution is 0.313. The van der Waals surface area contributed by atoms with E-state index in [9.17, 15) is 13.2 Å². The van der Waals surface area contributed by atoms with Crippen LogP contribution in [0.2, 0.25) is 10.0 Å². The lowest BCUT2D eigenvalue weighted by Gasteiger charge is -2.30. The summed E-state index contributed by atoms with van der Waals surface area (Å²) in [4.78, 5) is 20.5. The van der Waals surface area contributed by atoms with Gasteiger partial charge in [0.2, 0.25) is 10.0 Å². The van der Waals surface area contributed by atoms with Crippen LogP contribution in [0.25, 0.3) is 16.9 Å². The average Bonchev–Trinajstić information content (AvgIpc) is 3.62. The van der Waals surface area contributed by atoms with Gasteiger partial charge in [-0.1, -0.05) is 34.5 Å². The smallest absolute Gasteiger partial charge is 0.281 e. The van der Waals surface area contributed by atoms with E-state index in [4.69, 9.17) is 23.2 Å². The fourth-order valence-electron chi connectivity index (χ4n) is 4.85. The zero-order valence-corrected chi connectivity index (χ0v) is 23.4. The lowest BCUT2D eigenvalue weighted by atomic mass is 9.97. The Morgan fingerprint density at radius 3 is 2.50 bits per heavy atom. The Labute approximate surface area is 237 Å². The number of piperidine rings is 1. The number of H-pyrrole nitrogens is 1. The van der Waals surface area contributed by atoms with Crippen molar-refractivity contribution in [3.63, 3.8) is 0 Å². The molecule has 0 atom stereocenters. The molecule has 0 radical (unpaired) electrons. The van der Waals surface area contributed by atoms with Crippen LogP contribution in [-0.4, -0.2) is 71.0 Å². The molecule has 0 bridgehead atoms. The molecule has 1 fully saturated rings. The third-order valence-electron chi connectivity index (χ3n) is 7.00.